The highest BCUT2D eigenvalue weighted by Crippen LogP contribution is 2.09. The monoisotopic (exact) mass is 307 g/mol. The summed E-state index contributed by atoms with van der Waals surface area (Å²) in [5, 5.41) is 10.6. The molecule has 0 radical (unpaired) electrons. The number of hydrogen-bond donors (Lipinski definition) is 2. The second-order valence-electron chi connectivity index (χ2n) is 4.43. The average Bonchev–Trinajstić information content (AvgIpc) is 3.04. The van der Waals surface area contributed by atoms with Crippen molar-refractivity contribution in [3.8, 4) is 5.95 Å². The number of rotatable bonds is 9. The molecule has 0 aliphatic rings. The highest BCUT2D eigenvalue weighted by Gasteiger charge is 2.07. The van der Waals surface area contributed by atoms with Crippen molar-refractivity contribution in [1.82, 2.24) is 24.7 Å². The van der Waals surface area contributed by atoms with Crippen LogP contribution in [0.5, 0.6) is 0 Å². The first-order valence-electron chi connectivity index (χ1n) is 7.06. The lowest BCUT2D eigenvalue weighted by Gasteiger charge is -2.09. The van der Waals surface area contributed by atoms with E-state index in [-0.39, 0.29) is 0 Å². The van der Waals surface area contributed by atoms with Crippen LogP contribution >= 0.6 is 11.8 Å². The van der Waals surface area contributed by atoms with Crippen molar-refractivity contribution < 1.29 is 0 Å². The summed E-state index contributed by atoms with van der Waals surface area (Å²) in [6, 6.07) is 1.84. The number of hydrogen-bond acceptors (Lipinski definition) is 7. The zero-order valence-electron chi connectivity index (χ0n) is 12.4. The summed E-state index contributed by atoms with van der Waals surface area (Å²) in [5.41, 5.74) is 0. The van der Waals surface area contributed by atoms with Crippen molar-refractivity contribution >= 4 is 23.7 Å². The van der Waals surface area contributed by atoms with Gasteiger partial charge in [-0.3, -0.25) is 0 Å². The molecule has 0 bridgehead atoms. The van der Waals surface area contributed by atoms with Gasteiger partial charge in [-0.1, -0.05) is 6.92 Å². The quantitative estimate of drug-likeness (QED) is 0.686. The Bertz CT molecular complexity index is 529. The van der Waals surface area contributed by atoms with Crippen LogP contribution < -0.4 is 10.6 Å². The third-order valence-corrected chi connectivity index (χ3v) is 3.37. The molecule has 21 heavy (non-hydrogen) atoms. The van der Waals surface area contributed by atoms with Crippen molar-refractivity contribution in [3.05, 3.63) is 18.5 Å². The Hall–Kier alpha value is -1.83. The topological polar surface area (TPSA) is 80.5 Å². The van der Waals surface area contributed by atoms with Gasteiger partial charge in [-0.15, -0.1) is 0 Å². The van der Waals surface area contributed by atoms with Crippen LogP contribution in [-0.4, -0.2) is 49.8 Å². The number of aromatic nitrogens is 5. The second kappa shape index (κ2) is 8.46. The van der Waals surface area contributed by atoms with Crippen LogP contribution in [0.2, 0.25) is 0 Å². The van der Waals surface area contributed by atoms with E-state index >= 15 is 0 Å². The van der Waals surface area contributed by atoms with Crippen LogP contribution in [0.3, 0.4) is 0 Å². The lowest BCUT2D eigenvalue weighted by atomic mass is 10.5. The van der Waals surface area contributed by atoms with Crippen LogP contribution in [0.1, 0.15) is 19.8 Å². The number of nitrogens with zero attached hydrogens (tertiary/aromatic N) is 5. The van der Waals surface area contributed by atoms with Gasteiger partial charge in [0.15, 0.2) is 0 Å². The van der Waals surface area contributed by atoms with Gasteiger partial charge in [0.05, 0.1) is 0 Å². The minimum Gasteiger partial charge on any atom is -0.354 e. The van der Waals surface area contributed by atoms with E-state index in [2.05, 4.69) is 43.9 Å². The molecule has 0 atom stereocenters. The Morgan fingerprint density at radius 3 is 2.52 bits per heavy atom. The fourth-order valence-corrected chi connectivity index (χ4v) is 2.10. The first-order chi connectivity index (χ1) is 10.3. The number of nitrogens with one attached hydrogen (secondary N) is 2. The molecule has 2 heterocycles. The molecule has 0 fully saturated rings. The zero-order chi connectivity index (χ0) is 14.9. The van der Waals surface area contributed by atoms with Crippen molar-refractivity contribution in [3.63, 3.8) is 0 Å². The number of anilines is 2. The molecular formula is C13H21N7S. The Morgan fingerprint density at radius 2 is 1.90 bits per heavy atom. The number of thioether (sulfide) groups is 1. The third-order valence-electron chi connectivity index (χ3n) is 2.67. The highest BCUT2D eigenvalue weighted by atomic mass is 32.2. The molecule has 2 rings (SSSR count). The van der Waals surface area contributed by atoms with Crippen molar-refractivity contribution in [2.24, 2.45) is 0 Å². The lowest BCUT2D eigenvalue weighted by Crippen LogP contribution is -2.14. The normalized spacial score (nSPS) is 10.6. The van der Waals surface area contributed by atoms with E-state index in [9.17, 15) is 0 Å². The van der Waals surface area contributed by atoms with E-state index in [4.69, 9.17) is 0 Å². The van der Waals surface area contributed by atoms with Gasteiger partial charge in [0.25, 0.3) is 5.95 Å². The Labute approximate surface area is 129 Å². The fraction of sp³-hybridized carbons (Fsp3) is 0.538. The third kappa shape index (κ3) is 4.89. The summed E-state index contributed by atoms with van der Waals surface area (Å²) in [6.45, 7) is 3.77. The Balaban J connectivity index is 2.12. The standard InChI is InChI=1S/C13H21N7S/c1-3-6-14-11-17-12(15-7-5-10-21-2)19-13(18-11)20-9-4-8-16-20/h4,8-9H,3,5-7,10H2,1-2H3,(H2,14,15,17,18,19). The summed E-state index contributed by atoms with van der Waals surface area (Å²) in [7, 11) is 0. The van der Waals surface area contributed by atoms with Gasteiger partial charge >= 0.3 is 0 Å². The SMILES string of the molecule is CCCNc1nc(NCCCSC)nc(-n2cccn2)n1. The van der Waals surface area contributed by atoms with Gasteiger partial charge in [-0.25, -0.2) is 4.68 Å². The maximum absolute atomic E-state index is 4.40. The maximum Gasteiger partial charge on any atom is 0.257 e. The molecule has 2 aromatic heterocycles. The summed E-state index contributed by atoms with van der Waals surface area (Å²) < 4.78 is 1.63. The van der Waals surface area contributed by atoms with Gasteiger partial charge in [-0.05, 0) is 30.9 Å². The van der Waals surface area contributed by atoms with Gasteiger partial charge < -0.3 is 10.6 Å². The molecule has 8 heteroatoms. The summed E-state index contributed by atoms with van der Waals surface area (Å²) in [5.74, 6) is 2.78. The molecule has 0 saturated heterocycles. The van der Waals surface area contributed by atoms with E-state index in [1.54, 1.807) is 10.9 Å². The lowest BCUT2D eigenvalue weighted by molar-refractivity contribution is 0.792. The summed E-state index contributed by atoms with van der Waals surface area (Å²) in [6.07, 6.45) is 7.71. The second-order valence-corrected chi connectivity index (χ2v) is 5.42. The van der Waals surface area contributed by atoms with Crippen LogP contribution in [0.15, 0.2) is 18.5 Å². The van der Waals surface area contributed by atoms with E-state index in [0.717, 1.165) is 31.7 Å². The maximum atomic E-state index is 4.40. The smallest absolute Gasteiger partial charge is 0.257 e. The highest BCUT2D eigenvalue weighted by molar-refractivity contribution is 7.98. The average molecular weight is 307 g/mol. The predicted molar refractivity (Wildman–Crippen MR) is 87.2 cm³/mol. The summed E-state index contributed by atoms with van der Waals surface area (Å²) in [4.78, 5) is 13.2. The van der Waals surface area contributed by atoms with Gasteiger partial charge in [-0.2, -0.15) is 31.8 Å². The minimum absolute atomic E-state index is 0.515. The largest absolute Gasteiger partial charge is 0.354 e. The van der Waals surface area contributed by atoms with Crippen LogP contribution in [-0.2, 0) is 0 Å². The Morgan fingerprint density at radius 1 is 1.14 bits per heavy atom. The van der Waals surface area contributed by atoms with E-state index < -0.39 is 0 Å². The van der Waals surface area contributed by atoms with E-state index in [1.807, 2.05) is 24.0 Å². The fourth-order valence-electron chi connectivity index (χ4n) is 1.67. The van der Waals surface area contributed by atoms with Crippen LogP contribution in [0, 0.1) is 0 Å². The molecular weight excluding hydrogens is 286 g/mol. The molecule has 0 saturated carbocycles. The molecule has 0 aliphatic heterocycles. The van der Waals surface area contributed by atoms with Crippen molar-refractivity contribution in [2.75, 3.05) is 35.7 Å². The van der Waals surface area contributed by atoms with Gasteiger partial charge in [0.2, 0.25) is 11.9 Å². The van der Waals surface area contributed by atoms with Crippen molar-refractivity contribution in [1.29, 1.82) is 0 Å². The van der Waals surface area contributed by atoms with Crippen LogP contribution in [0.4, 0.5) is 11.9 Å². The molecule has 114 valence electrons. The van der Waals surface area contributed by atoms with Crippen LogP contribution in [0.25, 0.3) is 5.95 Å². The minimum atomic E-state index is 0.515. The molecule has 2 aromatic rings. The first kappa shape index (κ1) is 15.6. The molecule has 7 nitrogen and oxygen atoms in total. The van der Waals surface area contributed by atoms with E-state index in [0.29, 0.717) is 17.8 Å². The predicted octanol–water partition coefficient (Wildman–Crippen LogP) is 2.04. The first-order valence-corrected chi connectivity index (χ1v) is 8.45. The molecule has 0 aromatic carbocycles. The van der Waals surface area contributed by atoms with Gasteiger partial charge in [0, 0.05) is 25.5 Å². The Kier molecular flexibility index (Phi) is 6.26. The molecule has 2 N–H and O–H groups in total. The molecule has 0 amide bonds. The molecule has 0 spiro atoms. The summed E-state index contributed by atoms with van der Waals surface area (Å²) >= 11 is 1.83. The van der Waals surface area contributed by atoms with Gasteiger partial charge in [0.1, 0.15) is 0 Å². The van der Waals surface area contributed by atoms with Crippen molar-refractivity contribution in [2.45, 2.75) is 19.8 Å². The molecule has 0 aliphatic carbocycles. The van der Waals surface area contributed by atoms with E-state index in [1.165, 1.54) is 0 Å². The zero-order valence-corrected chi connectivity index (χ0v) is 13.2. The molecule has 0 unspecified atom stereocenters.